The molecule has 0 heterocycles. The molecule has 0 aliphatic carbocycles. The topological polar surface area (TPSA) is 108 Å². The lowest BCUT2D eigenvalue weighted by Crippen LogP contribution is -2.37. The lowest BCUT2D eigenvalue weighted by atomic mass is 10.0. The summed E-state index contributed by atoms with van der Waals surface area (Å²) < 4.78 is 34.5. The van der Waals surface area contributed by atoms with Crippen molar-refractivity contribution in [2.24, 2.45) is 0 Å². The van der Waals surface area contributed by atoms with Gasteiger partial charge in [-0.2, -0.15) is 0 Å². The Morgan fingerprint density at radius 3 is 1.02 bits per heavy atom. The number of nitrogens with zero attached hydrogens (tertiary/aromatic N) is 1. The largest absolute Gasteiger partial charge is 0.472 e. The number of esters is 2. The standard InChI is InChI=1S/C53H106NO8P/c1-6-8-10-12-14-16-18-20-22-24-26-27-28-30-32-34-36-38-40-42-44-46-53(56)62-51(50-61-63(57,58)60-48-47-54(3,4)5)49-59-52(55)45-43-41-39-37-35-33-31-29-25-23-21-19-17-15-13-11-9-7-2/h51H,6-50H2,1-5H3/p+1/t51-/m1/s1. The van der Waals surface area contributed by atoms with Crippen molar-refractivity contribution in [3.05, 3.63) is 0 Å². The average molecular weight is 917 g/mol. The van der Waals surface area contributed by atoms with Gasteiger partial charge in [0, 0.05) is 12.8 Å². The molecule has 0 aromatic rings. The zero-order chi connectivity index (χ0) is 46.4. The lowest BCUT2D eigenvalue weighted by molar-refractivity contribution is -0.870. The molecular weight excluding hydrogens is 810 g/mol. The number of likely N-dealkylation sites (N-methyl/N-ethyl adjacent to an activating group) is 1. The van der Waals surface area contributed by atoms with E-state index in [1.54, 1.807) is 0 Å². The summed E-state index contributed by atoms with van der Waals surface area (Å²) in [6, 6.07) is 0. The summed E-state index contributed by atoms with van der Waals surface area (Å²) in [5, 5.41) is 0. The third kappa shape index (κ3) is 50.3. The van der Waals surface area contributed by atoms with Crippen LogP contribution in [0.4, 0.5) is 0 Å². The number of rotatable bonds is 51. The SMILES string of the molecule is CCCCCCCCCCCCCCCCCCCCCCCC(=O)O[C@H](COC(=O)CCCCCCCCCCCCCCCCCCCC)COP(=O)(O)OCC[N+](C)(C)C. The molecule has 1 N–H and O–H groups in total. The van der Waals surface area contributed by atoms with E-state index < -0.39 is 26.5 Å². The molecule has 0 aliphatic heterocycles. The van der Waals surface area contributed by atoms with Gasteiger partial charge >= 0.3 is 19.8 Å². The monoisotopic (exact) mass is 917 g/mol. The van der Waals surface area contributed by atoms with Gasteiger partial charge in [-0.05, 0) is 12.8 Å². The third-order valence-electron chi connectivity index (χ3n) is 12.4. The van der Waals surface area contributed by atoms with Gasteiger partial charge in [0.2, 0.25) is 0 Å². The van der Waals surface area contributed by atoms with Crippen LogP contribution in [0.15, 0.2) is 0 Å². The van der Waals surface area contributed by atoms with Crippen LogP contribution >= 0.6 is 7.82 Å². The first-order valence-electron chi connectivity index (χ1n) is 27.3. The van der Waals surface area contributed by atoms with Crippen molar-refractivity contribution in [1.29, 1.82) is 0 Å². The maximum Gasteiger partial charge on any atom is 0.472 e. The van der Waals surface area contributed by atoms with Crippen molar-refractivity contribution in [1.82, 2.24) is 0 Å². The molecule has 0 spiro atoms. The van der Waals surface area contributed by atoms with Gasteiger partial charge in [0.15, 0.2) is 6.10 Å². The van der Waals surface area contributed by atoms with E-state index in [4.69, 9.17) is 18.5 Å². The minimum atomic E-state index is -4.37. The smallest absolute Gasteiger partial charge is 0.462 e. The molecule has 0 saturated heterocycles. The summed E-state index contributed by atoms with van der Waals surface area (Å²) >= 11 is 0. The van der Waals surface area contributed by atoms with E-state index in [9.17, 15) is 19.0 Å². The number of carbonyl (C=O) groups excluding carboxylic acids is 2. The van der Waals surface area contributed by atoms with E-state index in [1.165, 1.54) is 212 Å². The van der Waals surface area contributed by atoms with Gasteiger partial charge in [-0.1, -0.05) is 251 Å². The second-order valence-electron chi connectivity index (χ2n) is 20.0. The number of phosphoric acid groups is 1. The first kappa shape index (κ1) is 62.0. The van der Waals surface area contributed by atoms with Crippen LogP contribution < -0.4 is 0 Å². The summed E-state index contributed by atoms with van der Waals surface area (Å²) in [5.74, 6) is -0.775. The van der Waals surface area contributed by atoms with Gasteiger partial charge in [-0.15, -0.1) is 0 Å². The van der Waals surface area contributed by atoms with E-state index >= 15 is 0 Å². The van der Waals surface area contributed by atoms with E-state index in [1.807, 2.05) is 21.1 Å². The van der Waals surface area contributed by atoms with E-state index in [-0.39, 0.29) is 25.6 Å². The quantitative estimate of drug-likeness (QED) is 0.0278. The highest BCUT2D eigenvalue weighted by Gasteiger charge is 2.27. The normalized spacial score (nSPS) is 13.3. The van der Waals surface area contributed by atoms with Crippen molar-refractivity contribution in [2.45, 2.75) is 283 Å². The van der Waals surface area contributed by atoms with Crippen molar-refractivity contribution < 1.29 is 42.1 Å². The van der Waals surface area contributed by atoms with Gasteiger partial charge in [-0.3, -0.25) is 18.6 Å². The van der Waals surface area contributed by atoms with Crippen LogP contribution in [0.3, 0.4) is 0 Å². The molecule has 0 saturated carbocycles. The average Bonchev–Trinajstić information content (AvgIpc) is 3.24. The van der Waals surface area contributed by atoms with Crippen LogP contribution in [0.5, 0.6) is 0 Å². The molecule has 0 fully saturated rings. The highest BCUT2D eigenvalue weighted by Crippen LogP contribution is 2.43. The predicted octanol–water partition coefficient (Wildman–Crippen LogP) is 16.3. The molecule has 1 unspecified atom stereocenters. The number of quaternary nitrogens is 1. The molecule has 63 heavy (non-hydrogen) atoms. The van der Waals surface area contributed by atoms with Crippen LogP contribution in [0, 0.1) is 0 Å². The molecule has 0 aromatic heterocycles. The molecule has 0 bridgehead atoms. The summed E-state index contributed by atoms with van der Waals surface area (Å²) in [6.07, 6.45) is 50.1. The fourth-order valence-corrected chi connectivity index (χ4v) is 8.88. The Balaban J connectivity index is 4.16. The van der Waals surface area contributed by atoms with Crippen LogP contribution in [0.25, 0.3) is 0 Å². The first-order valence-corrected chi connectivity index (χ1v) is 28.8. The fourth-order valence-electron chi connectivity index (χ4n) is 8.14. The number of unbranched alkanes of at least 4 members (excludes halogenated alkanes) is 37. The zero-order valence-corrected chi connectivity index (χ0v) is 43.5. The molecule has 0 rings (SSSR count). The Hall–Kier alpha value is -0.990. The summed E-state index contributed by atoms with van der Waals surface area (Å²) in [4.78, 5) is 35.6. The number of hydrogen-bond donors (Lipinski definition) is 1. The maximum atomic E-state index is 12.8. The van der Waals surface area contributed by atoms with Gasteiger partial charge in [0.25, 0.3) is 0 Å². The number of hydrogen-bond acceptors (Lipinski definition) is 7. The highest BCUT2D eigenvalue weighted by molar-refractivity contribution is 7.47. The van der Waals surface area contributed by atoms with Crippen molar-refractivity contribution in [3.63, 3.8) is 0 Å². The number of carbonyl (C=O) groups is 2. The molecule has 9 nitrogen and oxygen atoms in total. The lowest BCUT2D eigenvalue weighted by Gasteiger charge is -2.24. The Morgan fingerprint density at radius 2 is 0.714 bits per heavy atom. The Bertz CT molecular complexity index is 1040. The predicted molar refractivity (Wildman–Crippen MR) is 266 cm³/mol. The summed E-state index contributed by atoms with van der Waals surface area (Å²) in [7, 11) is 1.50. The fraction of sp³-hybridized carbons (Fsp3) is 0.962. The van der Waals surface area contributed by atoms with Crippen LogP contribution in [0.1, 0.15) is 277 Å². The Labute approximate surface area is 391 Å². The van der Waals surface area contributed by atoms with Crippen LogP contribution in [-0.4, -0.2) is 74.9 Å². The molecule has 10 heteroatoms. The molecule has 0 radical (unpaired) electrons. The molecule has 0 aromatic carbocycles. The molecular formula is C53H107NO8P+. The molecule has 376 valence electrons. The van der Waals surface area contributed by atoms with E-state index in [0.29, 0.717) is 17.4 Å². The van der Waals surface area contributed by atoms with Gasteiger partial charge in [-0.25, -0.2) is 4.57 Å². The van der Waals surface area contributed by atoms with Crippen molar-refractivity contribution >= 4 is 19.8 Å². The summed E-state index contributed by atoms with van der Waals surface area (Å²) in [5.41, 5.74) is 0. The summed E-state index contributed by atoms with van der Waals surface area (Å²) in [6.45, 7) is 4.50. The van der Waals surface area contributed by atoms with E-state index in [2.05, 4.69) is 13.8 Å². The zero-order valence-electron chi connectivity index (χ0n) is 42.6. The second-order valence-corrected chi connectivity index (χ2v) is 21.4. The molecule has 0 aliphatic rings. The van der Waals surface area contributed by atoms with Gasteiger partial charge < -0.3 is 18.9 Å². The molecule has 2 atom stereocenters. The number of ether oxygens (including phenoxy) is 2. The van der Waals surface area contributed by atoms with Crippen LogP contribution in [-0.2, 0) is 32.7 Å². The van der Waals surface area contributed by atoms with Gasteiger partial charge in [0.05, 0.1) is 27.7 Å². The Kier molecular flexibility index (Phi) is 45.4. The third-order valence-corrected chi connectivity index (χ3v) is 13.4. The first-order chi connectivity index (χ1) is 30.5. The van der Waals surface area contributed by atoms with Gasteiger partial charge in [0.1, 0.15) is 19.8 Å². The van der Waals surface area contributed by atoms with Crippen LogP contribution in [0.2, 0.25) is 0 Å². The maximum absolute atomic E-state index is 12.8. The second kappa shape index (κ2) is 46.1. The number of phosphoric ester groups is 1. The minimum Gasteiger partial charge on any atom is -0.462 e. The Morgan fingerprint density at radius 1 is 0.429 bits per heavy atom. The van der Waals surface area contributed by atoms with Crippen molar-refractivity contribution in [2.75, 3.05) is 47.5 Å². The highest BCUT2D eigenvalue weighted by atomic mass is 31.2. The minimum absolute atomic E-state index is 0.0373. The van der Waals surface area contributed by atoms with E-state index in [0.717, 1.165) is 38.5 Å². The van der Waals surface area contributed by atoms with Crippen molar-refractivity contribution in [3.8, 4) is 0 Å². The molecule has 0 amide bonds.